The van der Waals surface area contributed by atoms with Crippen molar-refractivity contribution in [1.82, 2.24) is 0 Å². The first-order valence-corrected chi connectivity index (χ1v) is 11.3. The number of unbranched alkanes of at least 4 members (excludes halogenated alkanes) is 12. The first kappa shape index (κ1) is 26.3. The number of aliphatic hydroxyl groups is 3. The molecule has 27 heavy (non-hydrogen) atoms. The molecule has 0 aliphatic heterocycles. The van der Waals surface area contributed by atoms with E-state index in [9.17, 15) is 4.79 Å². The second-order valence-corrected chi connectivity index (χ2v) is 7.85. The second-order valence-electron chi connectivity index (χ2n) is 7.85. The zero-order chi connectivity index (χ0) is 20.2. The Balaban J connectivity index is 3.26. The predicted octanol–water partition coefficient (Wildman–Crippen LogP) is 5.78. The molecule has 0 saturated heterocycles. The molecule has 0 atom stereocenters. The fourth-order valence-corrected chi connectivity index (χ4v) is 3.20. The van der Waals surface area contributed by atoms with Crippen LogP contribution >= 0.6 is 0 Å². The van der Waals surface area contributed by atoms with Crippen LogP contribution in [0.15, 0.2) is 12.2 Å². The maximum absolute atomic E-state index is 11.7. The topological polar surface area (TPSA) is 77.8 Å². The van der Waals surface area contributed by atoms with Crippen LogP contribution < -0.4 is 0 Å². The van der Waals surface area contributed by atoms with E-state index in [-0.39, 0.29) is 12.2 Å². The van der Waals surface area contributed by atoms with Crippen molar-refractivity contribution in [3.8, 4) is 0 Å². The molecule has 0 aromatic heterocycles. The maximum Gasteiger partial charge on any atom is 0.275 e. The Morgan fingerprint density at radius 2 is 1.11 bits per heavy atom. The zero-order valence-corrected chi connectivity index (χ0v) is 17.6. The lowest BCUT2D eigenvalue weighted by Crippen LogP contribution is -2.26. The molecule has 0 heterocycles. The number of carbonyl (C=O) groups excluding carboxylic acids is 1. The van der Waals surface area contributed by atoms with E-state index in [1.807, 2.05) is 0 Å². The summed E-state index contributed by atoms with van der Waals surface area (Å²) in [4.78, 5) is 11.7. The van der Waals surface area contributed by atoms with Gasteiger partial charge in [0.05, 0.1) is 0 Å². The summed E-state index contributed by atoms with van der Waals surface area (Å²) < 4.78 is 0. The standard InChI is InChI=1S/C23H44O4/c1-2-3-4-5-6-7-8-9-10-11-12-13-14-15-16-19-22(24)20-17-18-21-23(25,26)27/h9-10,25-27H,2-8,11-21H2,1H3. The number of hydrogen-bond donors (Lipinski definition) is 3. The van der Waals surface area contributed by atoms with E-state index in [0.29, 0.717) is 25.7 Å². The van der Waals surface area contributed by atoms with Crippen LogP contribution in [0.3, 0.4) is 0 Å². The maximum atomic E-state index is 11.7. The van der Waals surface area contributed by atoms with Crippen molar-refractivity contribution in [3.63, 3.8) is 0 Å². The highest BCUT2D eigenvalue weighted by molar-refractivity contribution is 5.78. The van der Waals surface area contributed by atoms with Gasteiger partial charge in [0.25, 0.3) is 5.97 Å². The molecule has 3 N–H and O–H groups in total. The van der Waals surface area contributed by atoms with Crippen LogP contribution in [0.1, 0.15) is 122 Å². The highest BCUT2D eigenvalue weighted by Crippen LogP contribution is 2.13. The smallest absolute Gasteiger partial charge is 0.275 e. The van der Waals surface area contributed by atoms with E-state index in [2.05, 4.69) is 19.1 Å². The molecule has 0 aromatic rings. The highest BCUT2D eigenvalue weighted by Gasteiger charge is 2.16. The first-order valence-electron chi connectivity index (χ1n) is 11.3. The molecule has 4 heteroatoms. The number of ketones is 1. The van der Waals surface area contributed by atoms with Crippen LogP contribution in [-0.2, 0) is 4.79 Å². The van der Waals surface area contributed by atoms with Gasteiger partial charge in [0.1, 0.15) is 5.78 Å². The van der Waals surface area contributed by atoms with Gasteiger partial charge < -0.3 is 15.3 Å². The summed E-state index contributed by atoms with van der Waals surface area (Å²) in [6.45, 7) is 2.26. The predicted molar refractivity (Wildman–Crippen MR) is 112 cm³/mol. The Bertz CT molecular complexity index is 358. The van der Waals surface area contributed by atoms with Crippen molar-refractivity contribution in [2.75, 3.05) is 0 Å². The SMILES string of the molecule is CCCCCCCCC=CCCCCCCCC(=O)CCCCC(O)(O)O. The third-order valence-electron chi connectivity index (χ3n) is 4.94. The summed E-state index contributed by atoms with van der Waals surface area (Å²) in [5, 5.41) is 26.3. The molecule has 0 amide bonds. The minimum absolute atomic E-state index is 0.103. The van der Waals surface area contributed by atoms with Gasteiger partial charge in [0.2, 0.25) is 0 Å². The van der Waals surface area contributed by atoms with Crippen LogP contribution in [0.25, 0.3) is 0 Å². The minimum Gasteiger partial charge on any atom is -0.344 e. The largest absolute Gasteiger partial charge is 0.344 e. The molecule has 0 radical (unpaired) electrons. The Morgan fingerprint density at radius 3 is 1.63 bits per heavy atom. The van der Waals surface area contributed by atoms with Gasteiger partial charge in [0.15, 0.2) is 0 Å². The molecule has 160 valence electrons. The molecule has 0 aliphatic carbocycles. The van der Waals surface area contributed by atoms with E-state index < -0.39 is 5.97 Å². The van der Waals surface area contributed by atoms with Crippen LogP contribution in [0.2, 0.25) is 0 Å². The summed E-state index contributed by atoms with van der Waals surface area (Å²) in [5.41, 5.74) is 0. The van der Waals surface area contributed by atoms with Crippen LogP contribution in [0.4, 0.5) is 0 Å². The number of hydrogen-bond acceptors (Lipinski definition) is 4. The number of carbonyl (C=O) groups is 1. The lowest BCUT2D eigenvalue weighted by atomic mass is 10.0. The summed E-state index contributed by atoms with van der Waals surface area (Å²) in [6, 6.07) is 0. The van der Waals surface area contributed by atoms with Gasteiger partial charge in [-0.2, -0.15) is 0 Å². The summed E-state index contributed by atoms with van der Waals surface area (Å²) in [5.74, 6) is -2.35. The molecular weight excluding hydrogens is 340 g/mol. The molecule has 0 fully saturated rings. The van der Waals surface area contributed by atoms with Gasteiger partial charge in [-0.05, 0) is 44.9 Å². The van der Waals surface area contributed by atoms with Gasteiger partial charge in [-0.15, -0.1) is 0 Å². The Hall–Kier alpha value is -0.710. The van der Waals surface area contributed by atoms with Gasteiger partial charge in [-0.25, -0.2) is 0 Å². The van der Waals surface area contributed by atoms with E-state index in [1.165, 1.54) is 70.6 Å². The Morgan fingerprint density at radius 1 is 0.667 bits per heavy atom. The molecule has 4 nitrogen and oxygen atoms in total. The van der Waals surface area contributed by atoms with Gasteiger partial charge >= 0.3 is 0 Å². The average molecular weight is 385 g/mol. The fraction of sp³-hybridized carbons (Fsp3) is 0.870. The molecular formula is C23H44O4. The number of Topliss-reactive ketones (excluding diaryl/α,β-unsaturated/α-hetero) is 1. The second kappa shape index (κ2) is 18.6. The monoisotopic (exact) mass is 384 g/mol. The molecule has 0 aliphatic rings. The van der Waals surface area contributed by atoms with Gasteiger partial charge in [0, 0.05) is 19.3 Å². The van der Waals surface area contributed by atoms with Gasteiger partial charge in [-0.3, -0.25) is 4.79 Å². The van der Waals surface area contributed by atoms with Crippen LogP contribution in [-0.4, -0.2) is 27.1 Å². The van der Waals surface area contributed by atoms with E-state index in [4.69, 9.17) is 15.3 Å². The molecule has 0 unspecified atom stereocenters. The average Bonchev–Trinajstić information content (AvgIpc) is 2.61. The van der Waals surface area contributed by atoms with Crippen molar-refractivity contribution in [2.45, 2.75) is 128 Å². The van der Waals surface area contributed by atoms with Crippen molar-refractivity contribution in [1.29, 1.82) is 0 Å². The molecule has 0 spiro atoms. The fourth-order valence-electron chi connectivity index (χ4n) is 3.20. The summed E-state index contributed by atoms with van der Waals surface area (Å²) in [6.07, 6.45) is 23.0. The number of allylic oxidation sites excluding steroid dienone is 2. The lowest BCUT2D eigenvalue weighted by Gasteiger charge is -2.12. The quantitative estimate of drug-likeness (QED) is 0.141. The number of rotatable bonds is 20. The van der Waals surface area contributed by atoms with Crippen LogP contribution in [0, 0.1) is 0 Å². The normalized spacial score (nSPS) is 12.1. The molecule has 0 bridgehead atoms. The third kappa shape index (κ3) is 23.3. The van der Waals surface area contributed by atoms with Crippen molar-refractivity contribution >= 4 is 5.78 Å². The van der Waals surface area contributed by atoms with E-state index >= 15 is 0 Å². The zero-order valence-electron chi connectivity index (χ0n) is 17.6. The Kier molecular flexibility index (Phi) is 18.2. The van der Waals surface area contributed by atoms with E-state index in [1.54, 1.807) is 0 Å². The van der Waals surface area contributed by atoms with E-state index in [0.717, 1.165) is 12.8 Å². The van der Waals surface area contributed by atoms with Crippen molar-refractivity contribution in [3.05, 3.63) is 12.2 Å². The molecule has 0 saturated carbocycles. The summed E-state index contributed by atoms with van der Waals surface area (Å²) >= 11 is 0. The molecule has 0 rings (SSSR count). The third-order valence-corrected chi connectivity index (χ3v) is 4.94. The highest BCUT2D eigenvalue weighted by atomic mass is 16.7. The van der Waals surface area contributed by atoms with Crippen molar-refractivity contribution < 1.29 is 20.1 Å². The Labute approximate surface area is 167 Å². The lowest BCUT2D eigenvalue weighted by molar-refractivity contribution is -0.315. The first-order chi connectivity index (χ1) is 13.0. The van der Waals surface area contributed by atoms with Crippen LogP contribution in [0.5, 0.6) is 0 Å². The van der Waals surface area contributed by atoms with Crippen molar-refractivity contribution in [2.24, 2.45) is 0 Å². The summed E-state index contributed by atoms with van der Waals surface area (Å²) in [7, 11) is 0. The minimum atomic E-state index is -2.59. The van der Waals surface area contributed by atoms with Gasteiger partial charge in [-0.1, -0.05) is 70.4 Å². The molecule has 0 aromatic carbocycles.